The van der Waals surface area contributed by atoms with Crippen molar-refractivity contribution in [3.63, 3.8) is 0 Å². The molecule has 2 aliphatic rings. The summed E-state index contributed by atoms with van der Waals surface area (Å²) in [6.45, 7) is 0. The van der Waals surface area contributed by atoms with Crippen LogP contribution in [0.4, 0.5) is 0 Å². The van der Waals surface area contributed by atoms with Gasteiger partial charge in [0.1, 0.15) is 0 Å². The third kappa shape index (κ3) is 1.55. The van der Waals surface area contributed by atoms with Crippen LogP contribution in [0.1, 0.15) is 6.42 Å². The first kappa shape index (κ1) is 16.2. The zero-order chi connectivity index (χ0) is 15.3. The highest BCUT2D eigenvalue weighted by Gasteiger charge is 2.83. The van der Waals surface area contributed by atoms with Crippen LogP contribution in [0, 0.1) is 5.92 Å². The van der Waals surface area contributed by atoms with E-state index in [0.29, 0.717) is 0 Å². The molecule has 4 atom stereocenters. The number of halogens is 2. The SMILES string of the molecule is COC(=O)[C@]1(Br)C[C@@H]2C(O)OC(=O)[C@]2(Br)C1(OC)OC. The first-order chi connectivity index (χ1) is 9.25. The largest absolute Gasteiger partial charge is 0.468 e. The van der Waals surface area contributed by atoms with Crippen LogP contribution in [0.25, 0.3) is 0 Å². The molecule has 2 rings (SSSR count). The molecule has 1 unspecified atom stereocenters. The molecule has 1 saturated carbocycles. The van der Waals surface area contributed by atoms with Gasteiger partial charge in [-0.2, -0.15) is 0 Å². The molecular weight excluding hydrogens is 404 g/mol. The predicted molar refractivity (Wildman–Crippen MR) is 72.3 cm³/mol. The fourth-order valence-electron chi connectivity index (χ4n) is 3.05. The molecule has 0 radical (unpaired) electrons. The van der Waals surface area contributed by atoms with Crippen LogP contribution in [0.2, 0.25) is 0 Å². The van der Waals surface area contributed by atoms with E-state index in [1.165, 1.54) is 21.3 Å². The molecule has 2 fully saturated rings. The maximum atomic E-state index is 12.2. The number of rotatable bonds is 3. The van der Waals surface area contributed by atoms with Crippen molar-refractivity contribution in [1.82, 2.24) is 0 Å². The first-order valence-electron chi connectivity index (χ1n) is 5.71. The summed E-state index contributed by atoms with van der Waals surface area (Å²) < 4.78 is 17.4. The van der Waals surface area contributed by atoms with E-state index in [0.717, 1.165) is 0 Å². The van der Waals surface area contributed by atoms with Gasteiger partial charge in [0.25, 0.3) is 0 Å². The summed E-state index contributed by atoms with van der Waals surface area (Å²) in [6.07, 6.45) is -1.34. The standard InChI is InChI=1S/C11H14Br2O7/c1-17-7(15)9(12)4-5-6(14)20-8(16)10(5,13)11(9,18-2)19-3/h5-6,14H,4H2,1-3H3/t5-,6?,9-,10+/m1/s1. The van der Waals surface area contributed by atoms with Gasteiger partial charge in [0, 0.05) is 14.2 Å². The van der Waals surface area contributed by atoms with Gasteiger partial charge in [-0.05, 0) is 6.42 Å². The number of alkyl halides is 2. The second-order valence-corrected chi connectivity index (χ2v) is 7.24. The lowest BCUT2D eigenvalue weighted by Crippen LogP contribution is -2.65. The number of ether oxygens (including phenoxy) is 4. The second kappa shape index (κ2) is 4.91. The maximum absolute atomic E-state index is 12.2. The summed E-state index contributed by atoms with van der Waals surface area (Å²) in [5.74, 6) is -3.90. The van der Waals surface area contributed by atoms with Crippen LogP contribution in [-0.2, 0) is 28.5 Å². The molecule has 0 aromatic carbocycles. The smallest absolute Gasteiger partial charge is 0.331 e. The fraction of sp³-hybridized carbons (Fsp3) is 0.818. The lowest BCUT2D eigenvalue weighted by Gasteiger charge is -2.42. The number of methoxy groups -OCH3 is 3. The average molecular weight is 418 g/mol. The van der Waals surface area contributed by atoms with Crippen molar-refractivity contribution in [2.24, 2.45) is 5.92 Å². The number of hydrogen-bond donors (Lipinski definition) is 1. The van der Waals surface area contributed by atoms with Gasteiger partial charge in [0.05, 0.1) is 13.0 Å². The quantitative estimate of drug-likeness (QED) is 0.401. The highest BCUT2D eigenvalue weighted by molar-refractivity contribution is 9.11. The van der Waals surface area contributed by atoms with E-state index in [4.69, 9.17) is 18.9 Å². The Morgan fingerprint density at radius 1 is 1.35 bits per heavy atom. The zero-order valence-corrected chi connectivity index (χ0v) is 14.2. The van der Waals surface area contributed by atoms with Gasteiger partial charge in [0.2, 0.25) is 12.1 Å². The van der Waals surface area contributed by atoms with Crippen molar-refractivity contribution in [2.45, 2.75) is 27.1 Å². The Balaban J connectivity index is 2.65. The zero-order valence-electron chi connectivity index (χ0n) is 11.0. The topological polar surface area (TPSA) is 91.3 Å². The number of carbonyl (C=O) groups is 2. The predicted octanol–water partition coefficient (Wildman–Crippen LogP) is 0.311. The van der Waals surface area contributed by atoms with Crippen molar-refractivity contribution in [1.29, 1.82) is 0 Å². The van der Waals surface area contributed by atoms with Gasteiger partial charge in [-0.15, -0.1) is 0 Å². The molecule has 0 bridgehead atoms. The van der Waals surface area contributed by atoms with Crippen molar-refractivity contribution >= 4 is 43.8 Å². The molecule has 1 saturated heterocycles. The fourth-order valence-corrected chi connectivity index (χ4v) is 5.61. The monoisotopic (exact) mass is 416 g/mol. The van der Waals surface area contributed by atoms with Gasteiger partial charge >= 0.3 is 11.9 Å². The van der Waals surface area contributed by atoms with Crippen molar-refractivity contribution in [3.05, 3.63) is 0 Å². The Hall–Kier alpha value is -0.220. The molecule has 1 aliphatic heterocycles. The van der Waals surface area contributed by atoms with Crippen LogP contribution in [0.3, 0.4) is 0 Å². The van der Waals surface area contributed by atoms with Gasteiger partial charge in [-0.1, -0.05) is 31.9 Å². The Morgan fingerprint density at radius 3 is 2.35 bits per heavy atom. The van der Waals surface area contributed by atoms with E-state index < -0.39 is 38.6 Å². The molecule has 0 spiro atoms. The van der Waals surface area contributed by atoms with Crippen LogP contribution in [0.5, 0.6) is 0 Å². The third-order valence-corrected chi connectivity index (χ3v) is 6.57. The summed E-state index contributed by atoms with van der Waals surface area (Å²) in [4.78, 5) is 24.3. The summed E-state index contributed by atoms with van der Waals surface area (Å²) in [6, 6.07) is 0. The number of fused-ring (bicyclic) bond motifs is 1. The molecule has 9 heteroatoms. The summed E-state index contributed by atoms with van der Waals surface area (Å²) in [7, 11) is 3.81. The second-order valence-electron chi connectivity index (χ2n) is 4.64. The van der Waals surface area contributed by atoms with Crippen molar-refractivity contribution in [2.75, 3.05) is 21.3 Å². The summed E-state index contributed by atoms with van der Waals surface area (Å²) >= 11 is 6.56. The van der Waals surface area contributed by atoms with E-state index >= 15 is 0 Å². The molecule has 0 amide bonds. The summed E-state index contributed by atoms with van der Waals surface area (Å²) in [5.41, 5.74) is 0. The number of carbonyl (C=O) groups excluding carboxylic acids is 2. The Bertz CT molecular complexity index is 452. The van der Waals surface area contributed by atoms with E-state index in [1.54, 1.807) is 0 Å². The van der Waals surface area contributed by atoms with E-state index in [-0.39, 0.29) is 6.42 Å². The molecule has 0 aromatic heterocycles. The third-order valence-electron chi connectivity index (χ3n) is 3.97. The van der Waals surface area contributed by atoms with Gasteiger partial charge in [-0.3, -0.25) is 9.59 Å². The van der Waals surface area contributed by atoms with Crippen LogP contribution < -0.4 is 0 Å². The average Bonchev–Trinajstić information content (AvgIpc) is 2.77. The van der Waals surface area contributed by atoms with E-state index in [2.05, 4.69) is 31.9 Å². The molecule has 1 heterocycles. The molecule has 1 aliphatic carbocycles. The molecule has 7 nitrogen and oxygen atoms in total. The van der Waals surface area contributed by atoms with Crippen molar-refractivity contribution in [3.8, 4) is 0 Å². The lowest BCUT2D eigenvalue weighted by atomic mass is 9.92. The minimum atomic E-state index is -1.73. The minimum Gasteiger partial charge on any atom is -0.468 e. The molecule has 1 N–H and O–H groups in total. The first-order valence-corrected chi connectivity index (χ1v) is 7.29. The van der Waals surface area contributed by atoms with E-state index in [1.807, 2.05) is 0 Å². The van der Waals surface area contributed by atoms with E-state index in [9.17, 15) is 14.7 Å². The van der Waals surface area contributed by atoms with Gasteiger partial charge in [0.15, 0.2) is 8.65 Å². The lowest BCUT2D eigenvalue weighted by molar-refractivity contribution is -0.233. The maximum Gasteiger partial charge on any atom is 0.331 e. The molecular formula is C11H14Br2O7. The van der Waals surface area contributed by atoms with Gasteiger partial charge < -0.3 is 24.1 Å². The Kier molecular flexibility index (Phi) is 3.96. The van der Waals surface area contributed by atoms with Crippen LogP contribution in [0.15, 0.2) is 0 Å². The normalized spacial score (nSPS) is 42.2. The molecule has 114 valence electrons. The number of aliphatic hydroxyl groups excluding tert-OH is 1. The molecule has 0 aromatic rings. The Labute approximate surface area is 132 Å². The number of esters is 2. The Morgan fingerprint density at radius 2 is 1.90 bits per heavy atom. The number of cyclic esters (lactones) is 1. The van der Waals surface area contributed by atoms with Crippen molar-refractivity contribution < 1.29 is 33.6 Å². The minimum absolute atomic E-state index is 0.0273. The van der Waals surface area contributed by atoms with Crippen LogP contribution in [-0.4, -0.2) is 59.1 Å². The van der Waals surface area contributed by atoms with Crippen LogP contribution >= 0.6 is 31.9 Å². The highest BCUT2D eigenvalue weighted by atomic mass is 79.9. The van der Waals surface area contributed by atoms with Gasteiger partial charge in [-0.25, -0.2) is 0 Å². The number of hydrogen-bond acceptors (Lipinski definition) is 7. The summed E-state index contributed by atoms with van der Waals surface area (Å²) in [5, 5.41) is 9.89. The highest BCUT2D eigenvalue weighted by Crippen LogP contribution is 2.64. The number of aliphatic hydroxyl groups is 1. The molecule has 20 heavy (non-hydrogen) atoms.